The maximum atomic E-state index is 6.04. The molecule has 2 N–H and O–H groups in total. The van der Waals surface area contributed by atoms with Crippen LogP contribution in [0.4, 0.5) is 0 Å². The molecule has 3 fully saturated rings. The Morgan fingerprint density at radius 2 is 2.00 bits per heavy atom. The van der Waals surface area contributed by atoms with Crippen molar-refractivity contribution in [3.63, 3.8) is 0 Å². The van der Waals surface area contributed by atoms with E-state index < -0.39 is 0 Å². The lowest BCUT2D eigenvalue weighted by atomic mass is 9.55. The highest BCUT2D eigenvalue weighted by Crippen LogP contribution is 2.51. The molecule has 2 saturated heterocycles. The summed E-state index contributed by atoms with van der Waals surface area (Å²) in [6.45, 7) is 11.2. The van der Waals surface area contributed by atoms with Crippen LogP contribution in [0.15, 0.2) is 4.99 Å². The number of aliphatic imine (C=N–C) groups is 1. The molecule has 0 aromatic heterocycles. The standard InChI is InChI=1S/C19H35N3O2S/c1-5-20-17(21-13-19(25-4)8-11-23-12-9-19)22-15-14-7-6-10-24-16(14)18(15,2)3/h14-16H,5-13H2,1-4H3,(H2,20,21,22). The number of nitrogens with one attached hydrogen (secondary N) is 2. The zero-order valence-electron chi connectivity index (χ0n) is 16.3. The van der Waals surface area contributed by atoms with Gasteiger partial charge in [-0.3, -0.25) is 4.99 Å². The van der Waals surface area contributed by atoms with Gasteiger partial charge in [-0.15, -0.1) is 0 Å². The fourth-order valence-corrected chi connectivity index (χ4v) is 5.44. The molecule has 3 rings (SSSR count). The average molecular weight is 370 g/mol. The van der Waals surface area contributed by atoms with Gasteiger partial charge in [0.05, 0.1) is 12.6 Å². The fraction of sp³-hybridized carbons (Fsp3) is 0.947. The maximum absolute atomic E-state index is 6.04. The van der Waals surface area contributed by atoms with Crippen LogP contribution in [0.1, 0.15) is 46.5 Å². The summed E-state index contributed by atoms with van der Waals surface area (Å²) in [5.41, 5.74) is 0.164. The number of hydrogen-bond acceptors (Lipinski definition) is 4. The third-order valence-corrected chi connectivity index (χ3v) is 7.73. The second kappa shape index (κ2) is 8.05. The molecular formula is C19H35N3O2S. The molecule has 0 aromatic carbocycles. The van der Waals surface area contributed by atoms with Gasteiger partial charge in [-0.2, -0.15) is 11.8 Å². The van der Waals surface area contributed by atoms with Crippen molar-refractivity contribution in [2.75, 3.05) is 39.2 Å². The molecule has 6 heteroatoms. The van der Waals surface area contributed by atoms with Gasteiger partial charge in [0, 0.05) is 48.5 Å². The minimum absolute atomic E-state index is 0.164. The van der Waals surface area contributed by atoms with Crippen LogP contribution in [-0.2, 0) is 9.47 Å². The van der Waals surface area contributed by atoms with Crippen molar-refractivity contribution in [3.8, 4) is 0 Å². The zero-order valence-corrected chi connectivity index (χ0v) is 17.1. The van der Waals surface area contributed by atoms with Crippen LogP contribution in [-0.4, -0.2) is 62.0 Å². The molecule has 0 radical (unpaired) electrons. The Kier molecular flexibility index (Phi) is 6.22. The molecule has 0 spiro atoms. The SMILES string of the molecule is CCNC(=NCC1(SC)CCOCC1)NC1C2CCCOC2C1(C)C. The molecule has 0 bridgehead atoms. The lowest BCUT2D eigenvalue weighted by Crippen LogP contribution is -2.71. The van der Waals surface area contributed by atoms with E-state index in [1.165, 1.54) is 12.8 Å². The van der Waals surface area contributed by atoms with Gasteiger partial charge >= 0.3 is 0 Å². The summed E-state index contributed by atoms with van der Waals surface area (Å²) in [5.74, 6) is 1.58. The maximum Gasteiger partial charge on any atom is 0.191 e. The number of thioether (sulfide) groups is 1. The summed E-state index contributed by atoms with van der Waals surface area (Å²) in [5, 5.41) is 7.20. The highest BCUT2D eigenvalue weighted by Gasteiger charge is 2.58. The van der Waals surface area contributed by atoms with Crippen LogP contribution in [0.25, 0.3) is 0 Å². The van der Waals surface area contributed by atoms with Crippen LogP contribution >= 0.6 is 11.8 Å². The molecule has 25 heavy (non-hydrogen) atoms. The van der Waals surface area contributed by atoms with Crippen LogP contribution in [0.3, 0.4) is 0 Å². The lowest BCUT2D eigenvalue weighted by Gasteiger charge is -2.60. The molecular weight excluding hydrogens is 334 g/mol. The Bertz CT molecular complexity index is 477. The van der Waals surface area contributed by atoms with E-state index in [2.05, 4.69) is 37.7 Å². The molecule has 1 saturated carbocycles. The van der Waals surface area contributed by atoms with Crippen LogP contribution in [0.2, 0.25) is 0 Å². The van der Waals surface area contributed by atoms with Gasteiger partial charge in [-0.05, 0) is 38.9 Å². The Morgan fingerprint density at radius 3 is 2.68 bits per heavy atom. The number of fused-ring (bicyclic) bond motifs is 1. The van der Waals surface area contributed by atoms with E-state index >= 15 is 0 Å². The van der Waals surface area contributed by atoms with E-state index in [1.807, 2.05) is 11.8 Å². The Balaban J connectivity index is 1.66. The second-order valence-electron chi connectivity index (χ2n) is 8.24. The largest absolute Gasteiger partial charge is 0.381 e. The van der Waals surface area contributed by atoms with Crippen molar-refractivity contribution in [3.05, 3.63) is 0 Å². The first-order valence-corrected chi connectivity index (χ1v) is 11.0. The number of guanidine groups is 1. The topological polar surface area (TPSA) is 54.9 Å². The van der Waals surface area contributed by atoms with Crippen molar-refractivity contribution in [2.24, 2.45) is 16.3 Å². The summed E-state index contributed by atoms with van der Waals surface area (Å²) in [7, 11) is 0. The van der Waals surface area contributed by atoms with Gasteiger partial charge in [0.25, 0.3) is 0 Å². The van der Waals surface area contributed by atoms with Crippen molar-refractivity contribution in [1.29, 1.82) is 0 Å². The molecule has 144 valence electrons. The number of rotatable bonds is 5. The minimum atomic E-state index is 0.164. The highest BCUT2D eigenvalue weighted by molar-refractivity contribution is 8.00. The van der Waals surface area contributed by atoms with Gasteiger partial charge in [-0.1, -0.05) is 13.8 Å². The smallest absolute Gasteiger partial charge is 0.191 e. The number of nitrogens with zero attached hydrogens (tertiary/aromatic N) is 1. The quantitative estimate of drug-likeness (QED) is 0.576. The van der Waals surface area contributed by atoms with Gasteiger partial charge in [-0.25, -0.2) is 0 Å². The minimum Gasteiger partial charge on any atom is -0.381 e. The third kappa shape index (κ3) is 3.96. The van der Waals surface area contributed by atoms with E-state index in [0.717, 1.165) is 51.7 Å². The Hall–Kier alpha value is -0.460. The summed E-state index contributed by atoms with van der Waals surface area (Å²) in [4.78, 5) is 4.98. The van der Waals surface area contributed by atoms with E-state index in [-0.39, 0.29) is 10.2 Å². The van der Waals surface area contributed by atoms with Gasteiger partial charge in [0.15, 0.2) is 5.96 Å². The summed E-state index contributed by atoms with van der Waals surface area (Å²) >= 11 is 1.95. The van der Waals surface area contributed by atoms with Crippen molar-refractivity contribution < 1.29 is 9.47 Å². The van der Waals surface area contributed by atoms with Crippen LogP contribution in [0, 0.1) is 11.3 Å². The number of ether oxygens (including phenoxy) is 2. The van der Waals surface area contributed by atoms with Crippen LogP contribution in [0.5, 0.6) is 0 Å². The Morgan fingerprint density at radius 1 is 1.24 bits per heavy atom. The average Bonchev–Trinajstić information content (AvgIpc) is 2.64. The molecule has 2 heterocycles. The van der Waals surface area contributed by atoms with Gasteiger partial charge in [0.1, 0.15) is 0 Å². The van der Waals surface area contributed by atoms with Crippen molar-refractivity contribution in [2.45, 2.75) is 63.3 Å². The molecule has 0 amide bonds. The molecule has 0 aromatic rings. The van der Waals surface area contributed by atoms with E-state index in [4.69, 9.17) is 14.5 Å². The first-order valence-electron chi connectivity index (χ1n) is 9.82. The predicted molar refractivity (Wildman–Crippen MR) is 105 cm³/mol. The first-order chi connectivity index (χ1) is 12.0. The molecule has 1 aliphatic carbocycles. The normalized spacial score (nSPS) is 33.9. The molecule has 3 atom stereocenters. The zero-order chi connectivity index (χ0) is 17.9. The van der Waals surface area contributed by atoms with Gasteiger partial charge in [0.2, 0.25) is 0 Å². The summed E-state index contributed by atoms with van der Waals surface area (Å²) in [6.07, 6.45) is 7.22. The van der Waals surface area contributed by atoms with Crippen molar-refractivity contribution >= 4 is 17.7 Å². The molecule has 3 unspecified atom stereocenters. The molecule has 3 aliphatic rings. The second-order valence-corrected chi connectivity index (χ2v) is 9.51. The third-order valence-electron chi connectivity index (χ3n) is 6.33. The Labute approximate surface area is 157 Å². The lowest BCUT2D eigenvalue weighted by molar-refractivity contribution is -0.188. The first kappa shape index (κ1) is 19.3. The highest BCUT2D eigenvalue weighted by atomic mass is 32.2. The molecule has 2 aliphatic heterocycles. The van der Waals surface area contributed by atoms with Crippen LogP contribution < -0.4 is 10.6 Å². The monoisotopic (exact) mass is 369 g/mol. The van der Waals surface area contributed by atoms with E-state index in [0.29, 0.717) is 18.1 Å². The summed E-state index contributed by atoms with van der Waals surface area (Å²) in [6, 6.07) is 0.440. The van der Waals surface area contributed by atoms with E-state index in [9.17, 15) is 0 Å². The predicted octanol–water partition coefficient (Wildman–Crippen LogP) is 2.66. The van der Waals surface area contributed by atoms with E-state index in [1.54, 1.807) is 0 Å². The summed E-state index contributed by atoms with van der Waals surface area (Å²) < 4.78 is 11.8. The number of hydrogen-bond donors (Lipinski definition) is 2. The molecule has 5 nitrogen and oxygen atoms in total. The van der Waals surface area contributed by atoms with Crippen molar-refractivity contribution in [1.82, 2.24) is 10.6 Å². The van der Waals surface area contributed by atoms with Gasteiger partial charge < -0.3 is 20.1 Å². The fourth-order valence-electron chi connectivity index (χ4n) is 4.68.